The lowest BCUT2D eigenvalue weighted by Crippen LogP contribution is -2.55. The highest BCUT2D eigenvalue weighted by atomic mass is 16.6. The van der Waals surface area contributed by atoms with Crippen LogP contribution in [0.15, 0.2) is 97.2 Å². The molecule has 0 aliphatic rings. The molecule has 0 aromatic rings. The van der Waals surface area contributed by atoms with Crippen LogP contribution in [0, 0.1) is 0 Å². The van der Waals surface area contributed by atoms with Crippen molar-refractivity contribution >= 4 is 17.9 Å². The first kappa shape index (κ1) is 64.2. The Morgan fingerprint density at radius 3 is 1.15 bits per heavy atom. The second-order valence-corrected chi connectivity index (χ2v) is 19.1. The molecule has 68 heavy (non-hydrogen) atoms. The van der Waals surface area contributed by atoms with Crippen LogP contribution in [-0.2, 0) is 28.6 Å². The normalized spacial score (nSPS) is 13.6. The third-order valence-corrected chi connectivity index (χ3v) is 11.7. The Balaban J connectivity index is 4.24. The maximum absolute atomic E-state index is 12.8. The molecular formula is C60H101NO7. The van der Waals surface area contributed by atoms with Gasteiger partial charge in [-0.15, -0.1) is 0 Å². The quantitative estimate of drug-likeness (QED) is 0.0259. The minimum Gasteiger partial charge on any atom is -0.544 e. The Bertz CT molecular complexity index is 1430. The number of quaternary nitrogens is 1. The van der Waals surface area contributed by atoms with Gasteiger partial charge in [0.25, 0.3) is 0 Å². The summed E-state index contributed by atoms with van der Waals surface area (Å²) in [5.41, 5.74) is 0. The fraction of sp³-hybridized carbons (Fsp3) is 0.683. The van der Waals surface area contributed by atoms with Gasteiger partial charge in [-0.05, 0) is 89.9 Å². The van der Waals surface area contributed by atoms with Gasteiger partial charge in [-0.3, -0.25) is 9.59 Å². The summed E-state index contributed by atoms with van der Waals surface area (Å²) in [5, 5.41) is 11.7. The number of carboxylic acids is 1. The first-order valence-electron chi connectivity index (χ1n) is 27.3. The number of hydrogen-bond donors (Lipinski definition) is 0. The van der Waals surface area contributed by atoms with E-state index in [0.29, 0.717) is 12.8 Å². The van der Waals surface area contributed by atoms with Crippen molar-refractivity contribution in [3.05, 3.63) is 97.2 Å². The van der Waals surface area contributed by atoms with Gasteiger partial charge in [0.2, 0.25) is 0 Å². The zero-order valence-electron chi connectivity index (χ0n) is 44.2. The molecule has 0 saturated carbocycles. The number of aliphatic carboxylic acids is 1. The lowest BCUT2D eigenvalue weighted by molar-refractivity contribution is -0.889. The van der Waals surface area contributed by atoms with Crippen molar-refractivity contribution in [3.8, 4) is 0 Å². The highest BCUT2D eigenvalue weighted by molar-refractivity contribution is 5.70. The largest absolute Gasteiger partial charge is 0.544 e. The number of likely N-dealkylation sites (N-methyl/N-ethyl adjacent to an activating group) is 1. The van der Waals surface area contributed by atoms with Crippen molar-refractivity contribution in [1.29, 1.82) is 0 Å². The van der Waals surface area contributed by atoms with Crippen molar-refractivity contribution in [2.24, 2.45) is 0 Å². The molecule has 0 aromatic carbocycles. The van der Waals surface area contributed by atoms with Crippen molar-refractivity contribution in [1.82, 2.24) is 0 Å². The van der Waals surface area contributed by atoms with Crippen LogP contribution in [0.1, 0.15) is 213 Å². The third kappa shape index (κ3) is 47.3. The molecule has 0 radical (unpaired) electrons. The summed E-state index contributed by atoms with van der Waals surface area (Å²) in [4.78, 5) is 37.1. The first-order chi connectivity index (χ1) is 33.1. The molecule has 2 unspecified atom stereocenters. The number of carbonyl (C=O) groups excluding carboxylic acids is 3. The van der Waals surface area contributed by atoms with Gasteiger partial charge in [-0.25, -0.2) is 0 Å². The van der Waals surface area contributed by atoms with Crippen LogP contribution in [-0.4, -0.2) is 75.5 Å². The average molecular weight is 948 g/mol. The summed E-state index contributed by atoms with van der Waals surface area (Å²) < 4.78 is 17.3. The van der Waals surface area contributed by atoms with Gasteiger partial charge in [0, 0.05) is 19.3 Å². The van der Waals surface area contributed by atoms with E-state index >= 15 is 0 Å². The second-order valence-electron chi connectivity index (χ2n) is 19.1. The van der Waals surface area contributed by atoms with Gasteiger partial charge in [0.1, 0.15) is 12.6 Å². The molecular weight excluding hydrogens is 847 g/mol. The minimum absolute atomic E-state index is 0.0316. The molecule has 8 nitrogen and oxygen atoms in total. The van der Waals surface area contributed by atoms with E-state index in [0.717, 1.165) is 103 Å². The zero-order valence-corrected chi connectivity index (χ0v) is 44.2. The molecule has 0 aromatic heterocycles. The number of rotatable bonds is 48. The Hall–Kier alpha value is -3.75. The van der Waals surface area contributed by atoms with E-state index in [9.17, 15) is 19.5 Å². The molecule has 0 saturated heterocycles. The lowest BCUT2D eigenvalue weighted by atomic mass is 10.1. The standard InChI is InChI=1S/C60H101NO7/c1-6-8-10-12-14-16-18-20-22-24-26-28-30-32-34-36-38-40-42-44-46-48-50-58(62)67-55-56(54-66-53-52-57(60(64)65)61(3,4)5)68-59(63)51-49-47-45-43-41-39-37-35-33-31-29-27-25-23-21-19-17-15-13-11-9-7-2/h8-11,14-17,20-23,26-29,56-57H,6-7,12-13,18-19,24-25,30-55H2,1-5H3/b10-8+,11-9+,16-14+,17-15+,22-20+,23-21+,28-26+,29-27+. The van der Waals surface area contributed by atoms with Gasteiger partial charge < -0.3 is 28.6 Å². The zero-order chi connectivity index (χ0) is 49.9. The third-order valence-electron chi connectivity index (χ3n) is 11.7. The fourth-order valence-electron chi connectivity index (χ4n) is 7.58. The number of esters is 2. The molecule has 2 atom stereocenters. The minimum atomic E-state index is -1.13. The number of allylic oxidation sites excluding steroid dienone is 16. The Morgan fingerprint density at radius 1 is 0.441 bits per heavy atom. The number of nitrogens with zero attached hydrogens (tertiary/aromatic N) is 1. The van der Waals surface area contributed by atoms with Crippen molar-refractivity contribution < 1.29 is 38.2 Å². The maximum Gasteiger partial charge on any atom is 0.306 e. The fourth-order valence-corrected chi connectivity index (χ4v) is 7.58. The van der Waals surface area contributed by atoms with Gasteiger partial charge in [-0.1, -0.05) is 201 Å². The van der Waals surface area contributed by atoms with Crippen molar-refractivity contribution in [2.45, 2.75) is 225 Å². The van der Waals surface area contributed by atoms with Gasteiger partial charge in [0.15, 0.2) is 6.10 Å². The summed E-state index contributed by atoms with van der Waals surface area (Å²) in [6.07, 6.45) is 67.2. The molecule has 388 valence electrons. The average Bonchev–Trinajstić information content (AvgIpc) is 3.30. The smallest absolute Gasteiger partial charge is 0.306 e. The van der Waals surface area contributed by atoms with E-state index in [-0.39, 0.29) is 42.7 Å². The molecule has 0 spiro atoms. The van der Waals surface area contributed by atoms with Crippen molar-refractivity contribution in [2.75, 3.05) is 41.0 Å². The van der Waals surface area contributed by atoms with Crippen molar-refractivity contribution in [3.63, 3.8) is 0 Å². The number of hydrogen-bond acceptors (Lipinski definition) is 7. The number of ether oxygens (including phenoxy) is 3. The lowest BCUT2D eigenvalue weighted by Gasteiger charge is -2.34. The van der Waals surface area contributed by atoms with Crippen LogP contribution >= 0.6 is 0 Å². The molecule has 0 aliphatic carbocycles. The van der Waals surface area contributed by atoms with Crippen LogP contribution in [0.3, 0.4) is 0 Å². The molecule has 0 rings (SSSR count). The molecule has 0 fully saturated rings. The topological polar surface area (TPSA) is 102 Å². The maximum atomic E-state index is 12.8. The van der Waals surface area contributed by atoms with Crippen LogP contribution in [0.4, 0.5) is 0 Å². The molecule has 0 bridgehead atoms. The van der Waals surface area contributed by atoms with E-state index < -0.39 is 18.1 Å². The van der Waals surface area contributed by atoms with Crippen LogP contribution < -0.4 is 5.11 Å². The molecule has 0 heterocycles. The number of carbonyl (C=O) groups is 3. The molecule has 0 N–H and O–H groups in total. The van der Waals surface area contributed by atoms with Gasteiger partial charge in [-0.2, -0.15) is 0 Å². The molecule has 0 amide bonds. The predicted octanol–water partition coefficient (Wildman–Crippen LogP) is 14.9. The van der Waals surface area contributed by atoms with E-state index in [2.05, 4.69) is 111 Å². The van der Waals surface area contributed by atoms with E-state index in [1.807, 2.05) is 0 Å². The highest BCUT2D eigenvalue weighted by Gasteiger charge is 2.25. The van der Waals surface area contributed by atoms with E-state index in [1.165, 1.54) is 77.0 Å². The Kier molecular flexibility index (Phi) is 46.9. The van der Waals surface area contributed by atoms with Crippen LogP contribution in [0.2, 0.25) is 0 Å². The van der Waals surface area contributed by atoms with E-state index in [4.69, 9.17) is 14.2 Å². The summed E-state index contributed by atoms with van der Waals surface area (Å²) in [6.45, 7) is 4.43. The van der Waals surface area contributed by atoms with E-state index in [1.54, 1.807) is 21.1 Å². The Morgan fingerprint density at radius 2 is 0.779 bits per heavy atom. The second kappa shape index (κ2) is 49.7. The summed E-state index contributed by atoms with van der Waals surface area (Å²) in [7, 11) is 5.41. The number of carboxylic acid groups (broad SMARTS) is 1. The van der Waals surface area contributed by atoms with Crippen LogP contribution in [0.5, 0.6) is 0 Å². The first-order valence-corrected chi connectivity index (χ1v) is 27.3. The Labute approximate surface area is 417 Å². The molecule has 8 heteroatoms. The molecule has 0 aliphatic heterocycles. The monoisotopic (exact) mass is 948 g/mol. The highest BCUT2D eigenvalue weighted by Crippen LogP contribution is 2.15. The SMILES string of the molecule is CC/C=C/C/C=C/C/C=C/C/C=C/CCCCCCCCCCCC(=O)OCC(COCCC(C(=O)[O-])[N+](C)(C)C)OC(=O)CCCCCCCCCCC/C=C/C/C=C/C/C=C/C/C=C/CC. The number of unbranched alkanes of at least 4 members (excludes halogenated alkanes) is 18. The summed E-state index contributed by atoms with van der Waals surface area (Å²) in [6, 6.07) is -0.734. The van der Waals surface area contributed by atoms with Gasteiger partial charge in [0.05, 0.1) is 40.3 Å². The van der Waals surface area contributed by atoms with Crippen LogP contribution in [0.25, 0.3) is 0 Å². The summed E-state index contributed by atoms with van der Waals surface area (Å²) in [5.74, 6) is -1.75. The van der Waals surface area contributed by atoms with Gasteiger partial charge >= 0.3 is 11.9 Å². The summed E-state index contributed by atoms with van der Waals surface area (Å²) >= 11 is 0. The predicted molar refractivity (Wildman–Crippen MR) is 286 cm³/mol.